The van der Waals surface area contributed by atoms with Crippen molar-refractivity contribution >= 4 is 45.0 Å². The molecule has 2 aromatic carbocycles. The predicted octanol–water partition coefficient (Wildman–Crippen LogP) is 5.30. The Bertz CT molecular complexity index is 1490. The number of pyridine rings is 1. The highest BCUT2D eigenvalue weighted by Crippen LogP contribution is 2.39. The normalized spacial score (nSPS) is 11.3. The van der Waals surface area contributed by atoms with Gasteiger partial charge in [-0.15, -0.1) is 0 Å². The predicted molar refractivity (Wildman–Crippen MR) is 123 cm³/mol. The van der Waals surface area contributed by atoms with Crippen LogP contribution in [-0.2, 0) is 10.0 Å². The molecule has 4 aromatic rings. The van der Waals surface area contributed by atoms with Gasteiger partial charge < -0.3 is 10.5 Å². The van der Waals surface area contributed by atoms with Crippen LogP contribution in [0.25, 0.3) is 11.1 Å². The number of halogens is 4. The maximum Gasteiger partial charge on any atom is 0.267 e. The summed E-state index contributed by atoms with van der Waals surface area (Å²) in [5.74, 6) is -2.00. The van der Waals surface area contributed by atoms with E-state index in [2.05, 4.69) is 15.0 Å². The summed E-state index contributed by atoms with van der Waals surface area (Å²) in [6, 6.07) is 9.68. The monoisotopic (exact) mass is 523 g/mol. The lowest BCUT2D eigenvalue weighted by atomic mass is 10.1. The molecule has 0 bridgehead atoms. The van der Waals surface area contributed by atoms with E-state index >= 15 is 0 Å². The topological polar surface area (TPSA) is 120 Å². The quantitative estimate of drug-likeness (QED) is 0.351. The second-order valence-electron chi connectivity index (χ2n) is 6.76. The third-order valence-electron chi connectivity index (χ3n) is 4.38. The zero-order chi connectivity index (χ0) is 24.5. The molecule has 0 spiro atoms. The van der Waals surface area contributed by atoms with Crippen LogP contribution in [0.2, 0.25) is 10.0 Å². The number of hydrogen-bond acceptors (Lipinski definition) is 7. The number of hydrogen-bond donors (Lipinski definition) is 2. The van der Waals surface area contributed by atoms with Gasteiger partial charge in [0.1, 0.15) is 28.0 Å². The Labute approximate surface area is 202 Å². The van der Waals surface area contributed by atoms with E-state index in [1.165, 1.54) is 6.20 Å². The molecule has 0 atom stereocenters. The number of nitrogen functional groups attached to an aromatic ring is 1. The maximum absolute atomic E-state index is 14.8. The molecule has 0 fully saturated rings. The van der Waals surface area contributed by atoms with Crippen molar-refractivity contribution in [2.75, 3.05) is 10.5 Å². The first kappa shape index (κ1) is 23.6. The first-order valence-corrected chi connectivity index (χ1v) is 11.5. The maximum atomic E-state index is 14.8. The average molecular weight is 524 g/mol. The molecule has 2 heterocycles. The number of ether oxygens (including phenoxy) is 1. The molecule has 34 heavy (non-hydrogen) atoms. The Balaban J connectivity index is 1.68. The van der Waals surface area contributed by atoms with Gasteiger partial charge in [-0.1, -0.05) is 23.2 Å². The first-order chi connectivity index (χ1) is 16.1. The van der Waals surface area contributed by atoms with E-state index in [4.69, 9.17) is 33.7 Å². The van der Waals surface area contributed by atoms with Gasteiger partial charge in [-0.2, -0.15) is 0 Å². The summed E-state index contributed by atoms with van der Waals surface area (Å²) < 4.78 is 60.7. The van der Waals surface area contributed by atoms with Gasteiger partial charge >= 0.3 is 0 Å². The van der Waals surface area contributed by atoms with Crippen molar-refractivity contribution in [2.24, 2.45) is 0 Å². The molecule has 0 radical (unpaired) electrons. The zero-order valence-electron chi connectivity index (χ0n) is 16.8. The average Bonchev–Trinajstić information content (AvgIpc) is 2.78. The molecular weight excluding hydrogens is 511 g/mol. The van der Waals surface area contributed by atoms with Crippen molar-refractivity contribution in [3.8, 4) is 22.6 Å². The molecule has 0 aliphatic carbocycles. The van der Waals surface area contributed by atoms with Gasteiger partial charge in [0.2, 0.25) is 5.95 Å². The third-order valence-corrected chi connectivity index (χ3v) is 6.25. The van der Waals surface area contributed by atoms with E-state index in [0.717, 1.165) is 24.5 Å². The molecule has 0 saturated heterocycles. The number of nitrogens with zero attached hydrogens (tertiary/aromatic N) is 3. The van der Waals surface area contributed by atoms with E-state index < -0.39 is 32.5 Å². The first-order valence-electron chi connectivity index (χ1n) is 9.31. The van der Waals surface area contributed by atoms with Crippen molar-refractivity contribution in [3.05, 3.63) is 82.7 Å². The van der Waals surface area contributed by atoms with E-state index in [1.807, 2.05) is 4.72 Å². The van der Waals surface area contributed by atoms with Crippen LogP contribution in [0.3, 0.4) is 0 Å². The fourth-order valence-corrected chi connectivity index (χ4v) is 4.37. The molecular formula is C21H13Cl2F2N5O3S. The summed E-state index contributed by atoms with van der Waals surface area (Å²) in [5.41, 5.74) is 6.90. The minimum absolute atomic E-state index is 0.151. The number of nitrogens with two attached hydrogens (primary N) is 1. The molecule has 2 aromatic heterocycles. The van der Waals surface area contributed by atoms with Crippen molar-refractivity contribution < 1.29 is 21.9 Å². The largest absolute Gasteiger partial charge is 0.455 e. The fraction of sp³-hybridized carbons (Fsp3) is 0. The Kier molecular flexibility index (Phi) is 6.51. The highest BCUT2D eigenvalue weighted by atomic mass is 35.5. The number of anilines is 2. The third kappa shape index (κ3) is 5.16. The van der Waals surface area contributed by atoms with Gasteiger partial charge in [0.25, 0.3) is 10.0 Å². The Morgan fingerprint density at radius 3 is 2.38 bits per heavy atom. The number of nitrogens with one attached hydrogen (secondary N) is 1. The zero-order valence-corrected chi connectivity index (χ0v) is 19.2. The fourth-order valence-electron chi connectivity index (χ4n) is 2.89. The second kappa shape index (κ2) is 9.37. The lowest BCUT2D eigenvalue weighted by Crippen LogP contribution is -2.16. The van der Waals surface area contributed by atoms with Gasteiger partial charge in [-0.3, -0.25) is 0 Å². The van der Waals surface area contributed by atoms with Crippen molar-refractivity contribution in [3.63, 3.8) is 0 Å². The highest BCUT2D eigenvalue weighted by Gasteiger charge is 2.24. The summed E-state index contributed by atoms with van der Waals surface area (Å²) >= 11 is 12.3. The van der Waals surface area contributed by atoms with Gasteiger partial charge in [-0.05, 0) is 42.0 Å². The number of sulfonamides is 1. The van der Waals surface area contributed by atoms with Gasteiger partial charge in [0, 0.05) is 22.8 Å². The Morgan fingerprint density at radius 2 is 1.68 bits per heavy atom. The molecule has 0 amide bonds. The van der Waals surface area contributed by atoms with Gasteiger partial charge in [0.05, 0.1) is 17.4 Å². The molecule has 13 heteroatoms. The molecule has 3 N–H and O–H groups in total. The highest BCUT2D eigenvalue weighted by molar-refractivity contribution is 7.92. The van der Waals surface area contributed by atoms with E-state index in [1.54, 1.807) is 30.3 Å². The molecule has 4 rings (SSSR count). The number of aromatic nitrogens is 3. The minimum atomic E-state index is -4.48. The van der Waals surface area contributed by atoms with Crippen molar-refractivity contribution in [1.82, 2.24) is 15.0 Å². The van der Waals surface area contributed by atoms with E-state index in [0.29, 0.717) is 16.1 Å². The number of rotatable bonds is 6. The van der Waals surface area contributed by atoms with Crippen LogP contribution in [0.15, 0.2) is 66.0 Å². The van der Waals surface area contributed by atoms with Gasteiger partial charge in [-0.25, -0.2) is 36.9 Å². The summed E-state index contributed by atoms with van der Waals surface area (Å²) in [6.07, 6.45) is 3.01. The molecule has 0 unspecified atom stereocenters. The van der Waals surface area contributed by atoms with Crippen LogP contribution in [0.5, 0.6) is 11.5 Å². The molecule has 8 nitrogen and oxygen atoms in total. The van der Waals surface area contributed by atoms with Crippen LogP contribution >= 0.6 is 23.2 Å². The van der Waals surface area contributed by atoms with Crippen molar-refractivity contribution in [2.45, 2.75) is 4.90 Å². The van der Waals surface area contributed by atoms with Crippen LogP contribution in [0, 0.1) is 11.6 Å². The SMILES string of the molecule is Nc1cc(-c2cc(Cl)ccc2Oc2cc(F)c(S(=O)(=O)Nc3ncc(F)cn3)cc2Cl)ccn1. The lowest BCUT2D eigenvalue weighted by Gasteiger charge is -2.15. The van der Waals surface area contributed by atoms with E-state index in [9.17, 15) is 17.2 Å². The number of benzene rings is 2. The summed E-state index contributed by atoms with van der Waals surface area (Å²) in [4.78, 5) is 10.1. The second-order valence-corrected chi connectivity index (χ2v) is 9.25. The molecule has 0 aliphatic heterocycles. The Morgan fingerprint density at radius 1 is 0.941 bits per heavy atom. The lowest BCUT2D eigenvalue weighted by molar-refractivity contribution is 0.475. The smallest absolute Gasteiger partial charge is 0.267 e. The summed E-state index contributed by atoms with van der Waals surface area (Å²) in [7, 11) is -4.48. The molecule has 174 valence electrons. The van der Waals surface area contributed by atoms with Crippen molar-refractivity contribution in [1.29, 1.82) is 0 Å². The van der Waals surface area contributed by atoms with Crippen LogP contribution in [0.1, 0.15) is 0 Å². The van der Waals surface area contributed by atoms with E-state index in [-0.39, 0.29) is 22.3 Å². The van der Waals surface area contributed by atoms with Crippen LogP contribution in [0.4, 0.5) is 20.5 Å². The molecule has 0 aliphatic rings. The van der Waals surface area contributed by atoms with Crippen LogP contribution < -0.4 is 15.2 Å². The minimum Gasteiger partial charge on any atom is -0.455 e. The molecule has 0 saturated carbocycles. The van der Waals surface area contributed by atoms with Crippen LogP contribution in [-0.4, -0.2) is 23.4 Å². The summed E-state index contributed by atoms with van der Waals surface area (Å²) in [6.45, 7) is 0. The standard InChI is InChI=1S/C21H13Cl2F2N5O3S/c22-12-1-2-17(14(6-12)11-3-4-27-20(26)5-11)33-18-8-16(25)19(7-15(18)23)34(31,32)30-21-28-9-13(24)10-29-21/h1-10H,(H2,26,27)(H,28,29,30). The van der Waals surface area contributed by atoms with Gasteiger partial charge in [0.15, 0.2) is 5.82 Å². The summed E-state index contributed by atoms with van der Waals surface area (Å²) in [5, 5.41) is 0.211. The Hall–Kier alpha value is -3.54.